The summed E-state index contributed by atoms with van der Waals surface area (Å²) in [7, 11) is 1.61. The van der Waals surface area contributed by atoms with Crippen LogP contribution in [0, 0.1) is 0 Å². The largest absolute Gasteiger partial charge is 0.497 e. The molecule has 1 atom stereocenters. The SMILES string of the molecule is COc1ccc(C(=O)N2CCNCC2c2cccc(Cl)c2)cc1. The molecule has 1 saturated heterocycles. The van der Waals surface area contributed by atoms with E-state index in [4.69, 9.17) is 16.3 Å². The summed E-state index contributed by atoms with van der Waals surface area (Å²) < 4.78 is 5.15. The maximum Gasteiger partial charge on any atom is 0.254 e. The van der Waals surface area contributed by atoms with Crippen LogP contribution in [-0.2, 0) is 0 Å². The Morgan fingerprint density at radius 1 is 1.26 bits per heavy atom. The molecule has 1 aliphatic heterocycles. The molecule has 1 aliphatic rings. The lowest BCUT2D eigenvalue weighted by molar-refractivity contribution is 0.0634. The van der Waals surface area contributed by atoms with Crippen LogP contribution in [0.2, 0.25) is 5.02 Å². The predicted octanol–water partition coefficient (Wildman–Crippen LogP) is 3.14. The van der Waals surface area contributed by atoms with Gasteiger partial charge in [0.05, 0.1) is 13.2 Å². The van der Waals surface area contributed by atoms with E-state index < -0.39 is 0 Å². The van der Waals surface area contributed by atoms with Crippen molar-refractivity contribution >= 4 is 17.5 Å². The van der Waals surface area contributed by atoms with Crippen molar-refractivity contribution in [1.29, 1.82) is 0 Å². The first-order valence-corrected chi connectivity index (χ1v) is 7.98. The van der Waals surface area contributed by atoms with Crippen LogP contribution in [0.3, 0.4) is 0 Å². The molecular weight excluding hydrogens is 312 g/mol. The monoisotopic (exact) mass is 330 g/mol. The maximum absolute atomic E-state index is 12.9. The van der Waals surface area contributed by atoms with Gasteiger partial charge in [-0.25, -0.2) is 0 Å². The number of halogens is 1. The molecule has 1 fully saturated rings. The quantitative estimate of drug-likeness (QED) is 0.940. The zero-order chi connectivity index (χ0) is 16.2. The van der Waals surface area contributed by atoms with Crippen molar-refractivity contribution in [3.05, 3.63) is 64.7 Å². The van der Waals surface area contributed by atoms with Gasteiger partial charge in [0.25, 0.3) is 5.91 Å². The molecule has 0 bridgehead atoms. The number of amides is 1. The third-order valence-electron chi connectivity index (χ3n) is 4.07. The Balaban J connectivity index is 1.86. The van der Waals surface area contributed by atoms with Gasteiger partial charge in [-0.05, 0) is 42.0 Å². The molecule has 1 heterocycles. The number of ether oxygens (including phenoxy) is 1. The summed E-state index contributed by atoms with van der Waals surface area (Å²) in [6, 6.07) is 14.9. The van der Waals surface area contributed by atoms with E-state index in [2.05, 4.69) is 5.32 Å². The highest BCUT2D eigenvalue weighted by atomic mass is 35.5. The lowest BCUT2D eigenvalue weighted by Crippen LogP contribution is -2.48. The molecule has 0 spiro atoms. The molecule has 0 saturated carbocycles. The third-order valence-corrected chi connectivity index (χ3v) is 4.31. The maximum atomic E-state index is 12.9. The van der Waals surface area contributed by atoms with Crippen molar-refractivity contribution in [2.24, 2.45) is 0 Å². The smallest absolute Gasteiger partial charge is 0.254 e. The second-order valence-corrected chi connectivity index (χ2v) is 5.94. The van der Waals surface area contributed by atoms with Crippen LogP contribution in [-0.4, -0.2) is 37.6 Å². The minimum atomic E-state index is -0.0166. The number of nitrogens with one attached hydrogen (secondary N) is 1. The second-order valence-electron chi connectivity index (χ2n) is 5.50. The normalized spacial score (nSPS) is 17.8. The number of hydrogen-bond donors (Lipinski definition) is 1. The van der Waals surface area contributed by atoms with Crippen molar-refractivity contribution in [2.75, 3.05) is 26.7 Å². The van der Waals surface area contributed by atoms with Crippen LogP contribution >= 0.6 is 11.6 Å². The molecule has 1 N–H and O–H groups in total. The zero-order valence-electron chi connectivity index (χ0n) is 13.0. The van der Waals surface area contributed by atoms with E-state index in [0.717, 1.165) is 24.4 Å². The van der Waals surface area contributed by atoms with Gasteiger partial charge < -0.3 is 15.0 Å². The lowest BCUT2D eigenvalue weighted by Gasteiger charge is -2.36. The highest BCUT2D eigenvalue weighted by Gasteiger charge is 2.28. The Kier molecular flexibility index (Phi) is 4.84. The molecule has 1 amide bonds. The summed E-state index contributed by atoms with van der Waals surface area (Å²) in [5.41, 5.74) is 1.71. The fourth-order valence-electron chi connectivity index (χ4n) is 2.86. The molecule has 0 aromatic heterocycles. The van der Waals surface area contributed by atoms with Crippen LogP contribution in [0.25, 0.3) is 0 Å². The molecule has 4 nitrogen and oxygen atoms in total. The highest BCUT2D eigenvalue weighted by Crippen LogP contribution is 2.26. The summed E-state index contributed by atoms with van der Waals surface area (Å²) in [6.45, 7) is 2.18. The molecule has 0 aliphatic carbocycles. The van der Waals surface area contributed by atoms with Crippen molar-refractivity contribution < 1.29 is 9.53 Å². The Hall–Kier alpha value is -2.04. The number of piperazine rings is 1. The summed E-state index contributed by atoms with van der Waals surface area (Å²) in [5, 5.41) is 4.04. The Morgan fingerprint density at radius 3 is 2.74 bits per heavy atom. The van der Waals surface area contributed by atoms with Gasteiger partial charge in [0.2, 0.25) is 0 Å². The van der Waals surface area contributed by atoms with Gasteiger partial charge in [0.15, 0.2) is 0 Å². The highest BCUT2D eigenvalue weighted by molar-refractivity contribution is 6.30. The predicted molar refractivity (Wildman–Crippen MR) is 91.1 cm³/mol. The van der Waals surface area contributed by atoms with Gasteiger partial charge in [-0.3, -0.25) is 4.79 Å². The van der Waals surface area contributed by atoms with E-state index in [-0.39, 0.29) is 11.9 Å². The number of carbonyl (C=O) groups excluding carboxylic acids is 1. The standard InChI is InChI=1S/C18H19ClN2O2/c1-23-16-7-5-13(6-8-16)18(22)21-10-9-20-12-17(21)14-3-2-4-15(19)11-14/h2-8,11,17,20H,9-10,12H2,1H3. The van der Waals surface area contributed by atoms with E-state index >= 15 is 0 Å². The van der Waals surface area contributed by atoms with Crippen molar-refractivity contribution in [2.45, 2.75) is 6.04 Å². The number of rotatable bonds is 3. The van der Waals surface area contributed by atoms with Gasteiger partial charge >= 0.3 is 0 Å². The van der Waals surface area contributed by atoms with E-state index in [1.807, 2.05) is 41.3 Å². The first-order valence-electron chi connectivity index (χ1n) is 7.60. The van der Waals surface area contributed by atoms with Crippen LogP contribution < -0.4 is 10.1 Å². The van der Waals surface area contributed by atoms with Crippen LogP contribution in [0.1, 0.15) is 22.0 Å². The lowest BCUT2D eigenvalue weighted by atomic mass is 10.0. The van der Waals surface area contributed by atoms with Crippen molar-refractivity contribution in [1.82, 2.24) is 10.2 Å². The van der Waals surface area contributed by atoms with Gasteiger partial charge in [0.1, 0.15) is 5.75 Å². The summed E-state index contributed by atoms with van der Waals surface area (Å²) >= 11 is 6.10. The average Bonchev–Trinajstić information content (AvgIpc) is 2.61. The fourth-order valence-corrected chi connectivity index (χ4v) is 3.06. The molecule has 5 heteroatoms. The van der Waals surface area contributed by atoms with Crippen LogP contribution in [0.4, 0.5) is 0 Å². The van der Waals surface area contributed by atoms with E-state index in [9.17, 15) is 4.79 Å². The number of hydrogen-bond acceptors (Lipinski definition) is 3. The Morgan fingerprint density at radius 2 is 2.04 bits per heavy atom. The van der Waals surface area contributed by atoms with Gasteiger partial charge in [-0.1, -0.05) is 23.7 Å². The molecule has 1 unspecified atom stereocenters. The Bertz CT molecular complexity index is 688. The minimum absolute atomic E-state index is 0.0166. The number of methoxy groups -OCH3 is 1. The third kappa shape index (κ3) is 3.49. The molecule has 23 heavy (non-hydrogen) atoms. The van der Waals surface area contributed by atoms with Crippen LogP contribution in [0.5, 0.6) is 5.75 Å². The van der Waals surface area contributed by atoms with E-state index in [1.165, 1.54) is 0 Å². The van der Waals surface area contributed by atoms with Gasteiger partial charge in [-0.15, -0.1) is 0 Å². The topological polar surface area (TPSA) is 41.6 Å². The molecule has 3 rings (SSSR count). The van der Waals surface area contributed by atoms with Crippen molar-refractivity contribution in [3.63, 3.8) is 0 Å². The summed E-state index contributed by atoms with van der Waals surface area (Å²) in [4.78, 5) is 14.8. The molecular formula is C18H19ClN2O2. The summed E-state index contributed by atoms with van der Waals surface area (Å²) in [5.74, 6) is 0.771. The zero-order valence-corrected chi connectivity index (χ0v) is 13.7. The Labute approximate surface area is 141 Å². The van der Waals surface area contributed by atoms with Crippen LogP contribution in [0.15, 0.2) is 48.5 Å². The second kappa shape index (κ2) is 7.02. The first kappa shape index (κ1) is 15.8. The van der Waals surface area contributed by atoms with Gasteiger partial charge in [-0.2, -0.15) is 0 Å². The number of benzene rings is 2. The van der Waals surface area contributed by atoms with Crippen molar-refractivity contribution in [3.8, 4) is 5.75 Å². The molecule has 0 radical (unpaired) electrons. The fraction of sp³-hybridized carbons (Fsp3) is 0.278. The number of carbonyl (C=O) groups is 1. The minimum Gasteiger partial charge on any atom is -0.497 e. The molecule has 2 aromatic carbocycles. The van der Waals surface area contributed by atoms with Gasteiger partial charge in [0, 0.05) is 30.2 Å². The van der Waals surface area contributed by atoms with E-state index in [0.29, 0.717) is 17.1 Å². The first-order chi connectivity index (χ1) is 11.2. The number of nitrogens with zero attached hydrogens (tertiary/aromatic N) is 1. The molecule has 2 aromatic rings. The summed E-state index contributed by atoms with van der Waals surface area (Å²) in [6.07, 6.45) is 0. The average molecular weight is 331 g/mol. The molecule has 120 valence electrons. The van der Waals surface area contributed by atoms with E-state index in [1.54, 1.807) is 19.2 Å².